The molecule has 106 valence electrons. The van der Waals surface area contributed by atoms with E-state index in [4.69, 9.17) is 0 Å². The first-order valence-electron chi connectivity index (χ1n) is 6.84. The summed E-state index contributed by atoms with van der Waals surface area (Å²) in [6, 6.07) is 1.39. The second-order valence-electron chi connectivity index (χ2n) is 5.25. The molecule has 0 unspecified atom stereocenters. The summed E-state index contributed by atoms with van der Waals surface area (Å²) < 4.78 is 13.5. The second kappa shape index (κ2) is 5.19. The van der Waals surface area contributed by atoms with Crippen LogP contribution < -0.4 is 0 Å². The van der Waals surface area contributed by atoms with Gasteiger partial charge in [-0.1, -0.05) is 0 Å². The van der Waals surface area contributed by atoms with E-state index in [-0.39, 0.29) is 23.3 Å². The molecule has 6 heteroatoms. The van der Waals surface area contributed by atoms with Gasteiger partial charge < -0.3 is 9.80 Å². The molecule has 0 bridgehead atoms. The molecule has 0 aromatic carbocycles. The highest BCUT2D eigenvalue weighted by Gasteiger charge is 2.35. The Kier molecular flexibility index (Phi) is 3.38. The van der Waals surface area contributed by atoms with Crippen molar-refractivity contribution in [3.63, 3.8) is 0 Å². The van der Waals surface area contributed by atoms with Gasteiger partial charge in [0.25, 0.3) is 5.91 Å². The van der Waals surface area contributed by atoms with Crippen LogP contribution in [0.5, 0.6) is 0 Å². The Morgan fingerprint density at radius 2 is 1.80 bits per heavy atom. The standard InChI is InChI=1S/C14H16FN3O2/c15-12-9-16-4-3-11(12)14(20)18-7-5-17(6-8-18)13(19)10-1-2-10/h3-4,9-10H,1-2,5-8H2. The maximum atomic E-state index is 13.5. The third kappa shape index (κ3) is 2.50. The molecule has 5 nitrogen and oxygen atoms in total. The molecule has 1 saturated heterocycles. The Morgan fingerprint density at radius 1 is 1.15 bits per heavy atom. The van der Waals surface area contributed by atoms with Crippen molar-refractivity contribution >= 4 is 11.8 Å². The van der Waals surface area contributed by atoms with E-state index < -0.39 is 5.82 Å². The number of aromatic nitrogens is 1. The van der Waals surface area contributed by atoms with Crippen LogP contribution >= 0.6 is 0 Å². The first-order valence-corrected chi connectivity index (χ1v) is 6.84. The molecule has 1 aromatic rings. The zero-order valence-electron chi connectivity index (χ0n) is 11.1. The molecule has 0 spiro atoms. The summed E-state index contributed by atoms with van der Waals surface area (Å²) >= 11 is 0. The summed E-state index contributed by atoms with van der Waals surface area (Å²) in [5.74, 6) is -0.528. The van der Waals surface area contributed by atoms with Gasteiger partial charge in [0.1, 0.15) is 0 Å². The van der Waals surface area contributed by atoms with E-state index in [1.54, 1.807) is 4.90 Å². The fourth-order valence-corrected chi connectivity index (χ4v) is 2.44. The molecule has 2 amide bonds. The zero-order chi connectivity index (χ0) is 14.1. The van der Waals surface area contributed by atoms with E-state index in [1.165, 1.54) is 12.3 Å². The Labute approximate surface area is 116 Å². The van der Waals surface area contributed by atoms with Crippen molar-refractivity contribution in [1.29, 1.82) is 0 Å². The minimum atomic E-state index is -0.603. The van der Waals surface area contributed by atoms with E-state index in [2.05, 4.69) is 4.98 Å². The topological polar surface area (TPSA) is 53.5 Å². The van der Waals surface area contributed by atoms with Crippen LogP contribution in [0.3, 0.4) is 0 Å². The largest absolute Gasteiger partial charge is 0.339 e. The number of piperazine rings is 1. The Morgan fingerprint density at radius 3 is 2.40 bits per heavy atom. The monoisotopic (exact) mass is 277 g/mol. The van der Waals surface area contributed by atoms with Gasteiger partial charge in [0, 0.05) is 38.3 Å². The highest BCUT2D eigenvalue weighted by atomic mass is 19.1. The number of hydrogen-bond acceptors (Lipinski definition) is 3. The quantitative estimate of drug-likeness (QED) is 0.807. The molecule has 1 aliphatic carbocycles. The first kappa shape index (κ1) is 13.0. The summed E-state index contributed by atoms with van der Waals surface area (Å²) in [5.41, 5.74) is 0.0435. The van der Waals surface area contributed by atoms with Gasteiger partial charge in [-0.2, -0.15) is 0 Å². The smallest absolute Gasteiger partial charge is 0.257 e. The Bertz CT molecular complexity index is 537. The Balaban J connectivity index is 1.61. The van der Waals surface area contributed by atoms with Crippen LogP contribution in [0.15, 0.2) is 18.5 Å². The molecule has 20 heavy (non-hydrogen) atoms. The van der Waals surface area contributed by atoms with Crippen molar-refractivity contribution in [1.82, 2.24) is 14.8 Å². The highest BCUT2D eigenvalue weighted by molar-refractivity contribution is 5.94. The number of carbonyl (C=O) groups excluding carboxylic acids is 2. The Hall–Kier alpha value is -1.98. The molecular weight excluding hydrogens is 261 g/mol. The van der Waals surface area contributed by atoms with Gasteiger partial charge in [-0.3, -0.25) is 14.6 Å². The lowest BCUT2D eigenvalue weighted by Gasteiger charge is -2.35. The maximum Gasteiger partial charge on any atom is 0.257 e. The predicted molar refractivity (Wildman–Crippen MR) is 69.4 cm³/mol. The minimum Gasteiger partial charge on any atom is -0.339 e. The predicted octanol–water partition coefficient (Wildman–Crippen LogP) is 0.915. The van der Waals surface area contributed by atoms with E-state index >= 15 is 0 Å². The average molecular weight is 277 g/mol. The third-order valence-corrected chi connectivity index (χ3v) is 3.81. The van der Waals surface area contributed by atoms with Crippen molar-refractivity contribution < 1.29 is 14.0 Å². The van der Waals surface area contributed by atoms with Gasteiger partial charge in [-0.25, -0.2) is 4.39 Å². The number of hydrogen-bond donors (Lipinski definition) is 0. The van der Waals surface area contributed by atoms with Crippen molar-refractivity contribution in [2.75, 3.05) is 26.2 Å². The third-order valence-electron chi connectivity index (χ3n) is 3.81. The highest BCUT2D eigenvalue weighted by Crippen LogP contribution is 2.31. The molecule has 1 aromatic heterocycles. The molecule has 0 N–H and O–H groups in total. The minimum absolute atomic E-state index is 0.0435. The first-order chi connectivity index (χ1) is 9.66. The number of amides is 2. The van der Waals surface area contributed by atoms with Gasteiger partial charge in [0.15, 0.2) is 5.82 Å². The molecular formula is C14H16FN3O2. The van der Waals surface area contributed by atoms with Crippen LogP contribution in [-0.2, 0) is 4.79 Å². The molecule has 2 aliphatic rings. The zero-order valence-corrected chi connectivity index (χ0v) is 11.1. The molecule has 0 atom stereocenters. The summed E-state index contributed by atoms with van der Waals surface area (Å²) in [6.07, 6.45) is 4.42. The van der Waals surface area contributed by atoms with Crippen LogP contribution in [0.2, 0.25) is 0 Å². The van der Waals surface area contributed by atoms with E-state index in [0.717, 1.165) is 19.0 Å². The lowest BCUT2D eigenvalue weighted by molar-refractivity contribution is -0.134. The van der Waals surface area contributed by atoms with Crippen LogP contribution in [-0.4, -0.2) is 52.8 Å². The van der Waals surface area contributed by atoms with Crippen LogP contribution in [0.4, 0.5) is 4.39 Å². The number of rotatable bonds is 2. The molecule has 2 heterocycles. The number of halogens is 1. The normalized spacial score (nSPS) is 19.1. The average Bonchev–Trinajstić information content (AvgIpc) is 3.31. The van der Waals surface area contributed by atoms with Gasteiger partial charge in [-0.15, -0.1) is 0 Å². The van der Waals surface area contributed by atoms with Crippen LogP contribution in [0, 0.1) is 11.7 Å². The second-order valence-corrected chi connectivity index (χ2v) is 5.25. The number of pyridine rings is 1. The van der Waals surface area contributed by atoms with Gasteiger partial charge in [0.05, 0.1) is 11.8 Å². The van der Waals surface area contributed by atoms with Crippen molar-refractivity contribution in [2.45, 2.75) is 12.8 Å². The summed E-state index contributed by atoms with van der Waals surface area (Å²) in [5, 5.41) is 0. The van der Waals surface area contributed by atoms with Gasteiger partial charge in [0.2, 0.25) is 5.91 Å². The maximum absolute atomic E-state index is 13.5. The van der Waals surface area contributed by atoms with E-state index in [9.17, 15) is 14.0 Å². The lowest BCUT2D eigenvalue weighted by Crippen LogP contribution is -2.51. The molecule has 1 aliphatic heterocycles. The SMILES string of the molecule is O=C(c1ccncc1F)N1CCN(C(=O)C2CC2)CC1. The fraction of sp³-hybridized carbons (Fsp3) is 0.500. The van der Waals surface area contributed by atoms with E-state index in [1.807, 2.05) is 4.90 Å². The van der Waals surface area contributed by atoms with Crippen molar-refractivity contribution in [3.8, 4) is 0 Å². The van der Waals surface area contributed by atoms with Crippen molar-refractivity contribution in [3.05, 3.63) is 29.8 Å². The van der Waals surface area contributed by atoms with E-state index in [0.29, 0.717) is 26.2 Å². The molecule has 1 saturated carbocycles. The molecule has 3 rings (SSSR count). The number of nitrogens with zero attached hydrogens (tertiary/aromatic N) is 3. The summed E-state index contributed by atoms with van der Waals surface area (Å²) in [7, 11) is 0. The molecule has 2 fully saturated rings. The van der Waals surface area contributed by atoms with Crippen LogP contribution in [0.25, 0.3) is 0 Å². The van der Waals surface area contributed by atoms with Gasteiger partial charge in [-0.05, 0) is 18.9 Å². The fourth-order valence-electron chi connectivity index (χ4n) is 2.44. The van der Waals surface area contributed by atoms with Crippen molar-refractivity contribution in [2.24, 2.45) is 5.92 Å². The van der Waals surface area contributed by atoms with Gasteiger partial charge >= 0.3 is 0 Å². The molecule has 0 radical (unpaired) electrons. The number of carbonyl (C=O) groups is 2. The summed E-state index contributed by atoms with van der Waals surface area (Å²) in [6.45, 7) is 1.99. The van der Waals surface area contributed by atoms with Crippen LogP contribution in [0.1, 0.15) is 23.2 Å². The summed E-state index contributed by atoms with van der Waals surface area (Å²) in [4.78, 5) is 31.2. The lowest BCUT2D eigenvalue weighted by atomic mass is 10.2.